The number of carbonyl (C=O) groups excluding carboxylic acids is 2. The van der Waals surface area contributed by atoms with Crippen molar-refractivity contribution in [1.82, 2.24) is 10.3 Å². The third-order valence-corrected chi connectivity index (χ3v) is 3.83. The summed E-state index contributed by atoms with van der Waals surface area (Å²) >= 11 is 17.8. The molecule has 0 unspecified atom stereocenters. The maximum absolute atomic E-state index is 11.7. The smallest absolute Gasteiger partial charge is 0.409 e. The van der Waals surface area contributed by atoms with Gasteiger partial charge in [0.15, 0.2) is 0 Å². The van der Waals surface area contributed by atoms with Crippen LogP contribution in [0, 0.1) is 0 Å². The van der Waals surface area contributed by atoms with Crippen molar-refractivity contribution in [2.75, 3.05) is 25.1 Å². The minimum absolute atomic E-state index is 0.241. The molecule has 1 heterocycles. The molecule has 6 nitrogen and oxygen atoms in total. The number of rotatable bonds is 6. The molecule has 1 aliphatic heterocycles. The number of ether oxygens (including phenoxy) is 1. The van der Waals surface area contributed by atoms with Gasteiger partial charge in [-0.15, -0.1) is 0 Å². The van der Waals surface area contributed by atoms with E-state index in [-0.39, 0.29) is 18.4 Å². The molecule has 1 aromatic carbocycles. The largest absolute Gasteiger partial charge is 0.448 e. The average Bonchev–Trinajstić information content (AvgIpc) is 2.83. The highest BCUT2D eigenvalue weighted by atomic mass is 35.5. The molecular formula is C13H14Cl3N3O3. The molecule has 0 saturated carbocycles. The highest BCUT2D eigenvalue weighted by molar-refractivity contribution is 6.41. The third-order valence-electron chi connectivity index (χ3n) is 3.01. The Kier molecular flexibility index (Phi) is 5.99. The van der Waals surface area contributed by atoms with E-state index in [0.29, 0.717) is 46.9 Å². The Labute approximate surface area is 142 Å². The van der Waals surface area contributed by atoms with Crippen LogP contribution in [0.4, 0.5) is 10.5 Å². The first-order valence-electron chi connectivity index (χ1n) is 6.58. The molecule has 0 aliphatic carbocycles. The second-order valence-electron chi connectivity index (χ2n) is 4.62. The molecule has 0 atom stereocenters. The number of hydrogen-bond acceptors (Lipinski definition) is 4. The first kappa shape index (κ1) is 17.0. The Hall–Kier alpha value is -1.37. The zero-order valence-electron chi connectivity index (χ0n) is 11.5. The second kappa shape index (κ2) is 7.76. The van der Waals surface area contributed by atoms with Crippen molar-refractivity contribution in [1.29, 1.82) is 0 Å². The van der Waals surface area contributed by atoms with Crippen LogP contribution < -0.4 is 10.9 Å². The summed E-state index contributed by atoms with van der Waals surface area (Å²) < 4.78 is 4.80. The first-order valence-corrected chi connectivity index (χ1v) is 7.72. The molecule has 9 heteroatoms. The fraction of sp³-hybridized carbons (Fsp3) is 0.385. The number of benzene rings is 1. The first-order chi connectivity index (χ1) is 10.5. The van der Waals surface area contributed by atoms with Crippen LogP contribution in [0.2, 0.25) is 15.1 Å². The molecule has 1 aromatic rings. The Morgan fingerprint density at radius 1 is 1.27 bits per heavy atom. The Balaban J connectivity index is 1.75. The van der Waals surface area contributed by atoms with E-state index in [0.717, 1.165) is 0 Å². The van der Waals surface area contributed by atoms with Crippen molar-refractivity contribution in [3.8, 4) is 0 Å². The molecule has 0 bridgehead atoms. The number of halogens is 3. The summed E-state index contributed by atoms with van der Waals surface area (Å²) in [6, 6.07) is 3.03. The number of hydrazine groups is 1. The monoisotopic (exact) mass is 365 g/mol. The van der Waals surface area contributed by atoms with E-state index in [4.69, 9.17) is 39.5 Å². The van der Waals surface area contributed by atoms with Gasteiger partial charge in [-0.2, -0.15) is 0 Å². The normalized spacial score (nSPS) is 14.0. The van der Waals surface area contributed by atoms with Crippen molar-refractivity contribution in [3.05, 3.63) is 27.2 Å². The van der Waals surface area contributed by atoms with E-state index in [9.17, 15) is 9.59 Å². The molecule has 1 saturated heterocycles. The van der Waals surface area contributed by atoms with Crippen molar-refractivity contribution in [2.24, 2.45) is 0 Å². The quantitative estimate of drug-likeness (QED) is 0.758. The molecule has 0 radical (unpaired) electrons. The van der Waals surface area contributed by atoms with Gasteiger partial charge in [0, 0.05) is 18.0 Å². The fourth-order valence-electron chi connectivity index (χ4n) is 1.92. The van der Waals surface area contributed by atoms with Crippen molar-refractivity contribution < 1.29 is 14.3 Å². The minimum Gasteiger partial charge on any atom is -0.448 e. The molecular weight excluding hydrogens is 353 g/mol. The van der Waals surface area contributed by atoms with Gasteiger partial charge < -0.3 is 9.64 Å². The van der Waals surface area contributed by atoms with E-state index in [2.05, 4.69) is 10.9 Å². The van der Waals surface area contributed by atoms with Gasteiger partial charge in [-0.3, -0.25) is 15.6 Å². The van der Waals surface area contributed by atoms with Crippen LogP contribution in [-0.2, 0) is 9.53 Å². The lowest BCUT2D eigenvalue weighted by Gasteiger charge is -2.14. The zero-order chi connectivity index (χ0) is 16.1. The lowest BCUT2D eigenvalue weighted by molar-refractivity contribution is -0.120. The summed E-state index contributed by atoms with van der Waals surface area (Å²) in [7, 11) is 0. The Morgan fingerprint density at radius 3 is 2.55 bits per heavy atom. The third kappa shape index (κ3) is 4.56. The van der Waals surface area contributed by atoms with Crippen LogP contribution in [0.1, 0.15) is 12.8 Å². The second-order valence-corrected chi connectivity index (χ2v) is 5.87. The average molecular weight is 367 g/mol. The number of carbonyl (C=O) groups is 2. The lowest BCUT2D eigenvalue weighted by Crippen LogP contribution is -2.31. The minimum atomic E-state index is -0.335. The maximum atomic E-state index is 11.7. The molecule has 2 rings (SSSR count). The molecule has 0 aromatic heterocycles. The van der Waals surface area contributed by atoms with Crippen LogP contribution in [0.5, 0.6) is 0 Å². The van der Waals surface area contributed by atoms with E-state index in [1.54, 1.807) is 4.90 Å². The molecule has 120 valence electrons. The summed E-state index contributed by atoms with van der Waals surface area (Å²) in [5, 5.41) is 1.01. The molecule has 0 spiro atoms. The highest BCUT2D eigenvalue weighted by Crippen LogP contribution is 2.33. The van der Waals surface area contributed by atoms with Gasteiger partial charge in [-0.25, -0.2) is 4.79 Å². The molecule has 22 heavy (non-hydrogen) atoms. The van der Waals surface area contributed by atoms with Crippen LogP contribution in [0.25, 0.3) is 0 Å². The number of nitrogens with one attached hydrogen (secondary N) is 2. The van der Waals surface area contributed by atoms with Crippen molar-refractivity contribution in [2.45, 2.75) is 12.8 Å². The van der Waals surface area contributed by atoms with Crippen molar-refractivity contribution >= 4 is 52.5 Å². The zero-order valence-corrected chi connectivity index (χ0v) is 13.8. The van der Waals surface area contributed by atoms with E-state index in [1.807, 2.05) is 0 Å². The van der Waals surface area contributed by atoms with Crippen LogP contribution in [-0.4, -0.2) is 36.6 Å². The summed E-state index contributed by atoms with van der Waals surface area (Å²) in [5.74, 6) is -0.241. The van der Waals surface area contributed by atoms with Gasteiger partial charge in [-0.05, 0) is 18.6 Å². The van der Waals surface area contributed by atoms with E-state index >= 15 is 0 Å². The molecule has 1 aliphatic rings. The number of hydrogen-bond donors (Lipinski definition) is 2. The van der Waals surface area contributed by atoms with Gasteiger partial charge in [-0.1, -0.05) is 34.8 Å². The predicted molar refractivity (Wildman–Crippen MR) is 85.4 cm³/mol. The standard InChI is InChI=1S/C13H14Cl3N3O3/c14-8-6-9(15)12(10(16)7-8)18-17-11(20)2-1-3-19-4-5-22-13(19)21/h6-7,18H,1-5H2,(H,17,20). The molecule has 2 N–H and O–H groups in total. The maximum Gasteiger partial charge on any atom is 0.409 e. The van der Waals surface area contributed by atoms with E-state index < -0.39 is 0 Å². The number of anilines is 1. The topological polar surface area (TPSA) is 70.7 Å². The van der Waals surface area contributed by atoms with Crippen LogP contribution in [0.15, 0.2) is 12.1 Å². The molecule has 1 fully saturated rings. The number of nitrogens with zero attached hydrogens (tertiary/aromatic N) is 1. The number of amides is 2. The van der Waals surface area contributed by atoms with Gasteiger partial charge >= 0.3 is 6.09 Å². The van der Waals surface area contributed by atoms with Crippen LogP contribution >= 0.6 is 34.8 Å². The summed E-state index contributed by atoms with van der Waals surface area (Å²) in [5.41, 5.74) is 5.55. The van der Waals surface area contributed by atoms with E-state index in [1.165, 1.54) is 12.1 Å². The summed E-state index contributed by atoms with van der Waals surface area (Å²) in [6.07, 6.45) is 0.447. The lowest BCUT2D eigenvalue weighted by atomic mass is 10.3. The SMILES string of the molecule is O=C(CCCN1CCOC1=O)NNc1c(Cl)cc(Cl)cc1Cl. The van der Waals surface area contributed by atoms with Gasteiger partial charge in [0.2, 0.25) is 5.91 Å². The predicted octanol–water partition coefficient (Wildman–Crippen LogP) is 3.32. The number of cyclic esters (lactones) is 1. The van der Waals surface area contributed by atoms with Crippen LogP contribution in [0.3, 0.4) is 0 Å². The molecule has 2 amide bonds. The van der Waals surface area contributed by atoms with Gasteiger partial charge in [0.05, 0.1) is 22.3 Å². The Bertz CT molecular complexity index is 560. The summed E-state index contributed by atoms with van der Waals surface area (Å²) in [4.78, 5) is 24.5. The fourth-order valence-corrected chi connectivity index (χ4v) is 2.83. The summed E-state index contributed by atoms with van der Waals surface area (Å²) in [6.45, 7) is 1.45. The van der Waals surface area contributed by atoms with Gasteiger partial charge in [0.1, 0.15) is 6.61 Å². The van der Waals surface area contributed by atoms with Gasteiger partial charge in [0.25, 0.3) is 0 Å². The van der Waals surface area contributed by atoms with Crippen molar-refractivity contribution in [3.63, 3.8) is 0 Å². The highest BCUT2D eigenvalue weighted by Gasteiger charge is 2.21. The Morgan fingerprint density at radius 2 is 1.95 bits per heavy atom.